The van der Waals surface area contributed by atoms with Gasteiger partial charge < -0.3 is 10.1 Å². The Morgan fingerprint density at radius 1 is 0.903 bits per heavy atom. The minimum absolute atomic E-state index is 0.0758. The minimum Gasteiger partial charge on any atom is -0.491 e. The number of nitrogens with one attached hydrogen (secondary N) is 1. The van der Waals surface area contributed by atoms with Crippen molar-refractivity contribution in [2.24, 2.45) is 0 Å². The third kappa shape index (κ3) is 5.44. The first-order valence-corrected chi connectivity index (χ1v) is 11.3. The lowest BCUT2D eigenvalue weighted by Gasteiger charge is -2.20. The topological polar surface area (TPSA) is 75.7 Å². The van der Waals surface area contributed by atoms with E-state index in [0.717, 1.165) is 11.3 Å². The zero-order valence-corrected chi connectivity index (χ0v) is 18.8. The largest absolute Gasteiger partial charge is 0.491 e. The molecule has 162 valence electrons. The highest BCUT2D eigenvalue weighted by Gasteiger charge is 2.21. The second-order valence-corrected chi connectivity index (χ2v) is 9.45. The van der Waals surface area contributed by atoms with Gasteiger partial charge in [0.25, 0.3) is 15.9 Å². The van der Waals surface area contributed by atoms with Crippen molar-refractivity contribution in [2.45, 2.75) is 31.8 Å². The summed E-state index contributed by atoms with van der Waals surface area (Å²) in [5.74, 6) is 0.447. The van der Waals surface area contributed by atoms with E-state index >= 15 is 0 Å². The summed E-state index contributed by atoms with van der Waals surface area (Å²) in [6.07, 6.45) is 0.0758. The van der Waals surface area contributed by atoms with Crippen LogP contribution in [0.25, 0.3) is 0 Å². The van der Waals surface area contributed by atoms with Gasteiger partial charge in [-0.3, -0.25) is 9.10 Å². The SMILES string of the molecule is Cc1ccc(S(=O)(=O)N(C)c2ccc(C(=O)Nc3ccc(OC(C)C)cc3)cc2)cc1. The fourth-order valence-electron chi connectivity index (χ4n) is 2.92. The Bertz CT molecular complexity index is 1140. The van der Waals surface area contributed by atoms with Gasteiger partial charge in [0.2, 0.25) is 0 Å². The number of rotatable bonds is 7. The molecule has 0 aromatic heterocycles. The fourth-order valence-corrected chi connectivity index (χ4v) is 4.12. The number of amides is 1. The predicted octanol–water partition coefficient (Wildman–Crippen LogP) is 4.86. The van der Waals surface area contributed by atoms with Crippen LogP contribution in [-0.4, -0.2) is 27.5 Å². The number of aryl methyl sites for hydroxylation is 1. The van der Waals surface area contributed by atoms with Crippen molar-refractivity contribution in [3.05, 3.63) is 83.9 Å². The number of hydrogen-bond acceptors (Lipinski definition) is 4. The van der Waals surface area contributed by atoms with Gasteiger partial charge in [-0.25, -0.2) is 8.42 Å². The van der Waals surface area contributed by atoms with Crippen LogP contribution in [0.5, 0.6) is 5.75 Å². The summed E-state index contributed by atoms with van der Waals surface area (Å²) >= 11 is 0. The van der Waals surface area contributed by atoms with Gasteiger partial charge in [-0.1, -0.05) is 17.7 Å². The highest BCUT2D eigenvalue weighted by atomic mass is 32.2. The molecule has 0 atom stereocenters. The zero-order chi connectivity index (χ0) is 22.6. The summed E-state index contributed by atoms with van der Waals surface area (Å²) in [7, 11) is -2.19. The molecule has 1 amide bonds. The molecule has 0 aliphatic rings. The van der Waals surface area contributed by atoms with Crippen molar-refractivity contribution in [3.63, 3.8) is 0 Å². The standard InChI is InChI=1S/C24H26N2O4S/c1-17(2)30-22-13-9-20(10-14-22)25-24(27)19-7-11-21(12-8-19)26(4)31(28,29)23-15-5-18(3)6-16-23/h5-17H,1-4H3,(H,25,27). The molecule has 7 heteroatoms. The lowest BCUT2D eigenvalue weighted by molar-refractivity contribution is 0.102. The van der Waals surface area contributed by atoms with Crippen molar-refractivity contribution < 1.29 is 17.9 Å². The van der Waals surface area contributed by atoms with Crippen LogP contribution in [0.1, 0.15) is 29.8 Å². The van der Waals surface area contributed by atoms with Gasteiger partial charge in [-0.2, -0.15) is 0 Å². The fraction of sp³-hybridized carbons (Fsp3) is 0.208. The third-order valence-corrected chi connectivity index (χ3v) is 6.46. The highest BCUT2D eigenvalue weighted by molar-refractivity contribution is 7.92. The molecule has 0 saturated carbocycles. The average Bonchev–Trinajstić information content (AvgIpc) is 2.74. The lowest BCUT2D eigenvalue weighted by atomic mass is 10.2. The molecule has 0 aliphatic carbocycles. The van der Waals surface area contributed by atoms with Crippen LogP contribution in [0.3, 0.4) is 0 Å². The maximum absolute atomic E-state index is 12.8. The molecule has 0 heterocycles. The quantitative estimate of drug-likeness (QED) is 0.572. The number of benzene rings is 3. The van der Waals surface area contributed by atoms with E-state index in [-0.39, 0.29) is 16.9 Å². The van der Waals surface area contributed by atoms with E-state index in [2.05, 4.69) is 5.32 Å². The van der Waals surface area contributed by atoms with E-state index in [4.69, 9.17) is 4.74 Å². The van der Waals surface area contributed by atoms with Gasteiger partial charge in [0.15, 0.2) is 0 Å². The molecule has 0 unspecified atom stereocenters. The van der Waals surface area contributed by atoms with Gasteiger partial charge in [-0.15, -0.1) is 0 Å². The summed E-state index contributed by atoms with van der Waals surface area (Å²) in [6.45, 7) is 5.79. The Hall–Kier alpha value is -3.32. The van der Waals surface area contributed by atoms with Crippen LogP contribution in [-0.2, 0) is 10.0 Å². The van der Waals surface area contributed by atoms with Crippen LogP contribution in [0.2, 0.25) is 0 Å². The molecule has 3 aromatic carbocycles. The second-order valence-electron chi connectivity index (χ2n) is 7.48. The van der Waals surface area contributed by atoms with Crippen molar-refractivity contribution in [2.75, 3.05) is 16.7 Å². The van der Waals surface area contributed by atoms with Crippen molar-refractivity contribution in [3.8, 4) is 5.75 Å². The molecule has 0 saturated heterocycles. The molecular weight excluding hydrogens is 412 g/mol. The Morgan fingerprint density at radius 3 is 2.03 bits per heavy atom. The maximum Gasteiger partial charge on any atom is 0.264 e. The minimum atomic E-state index is -3.68. The molecule has 0 spiro atoms. The maximum atomic E-state index is 12.8. The number of sulfonamides is 1. The van der Waals surface area contributed by atoms with Crippen LogP contribution in [0.15, 0.2) is 77.7 Å². The van der Waals surface area contributed by atoms with Gasteiger partial charge in [-0.05, 0) is 81.4 Å². The molecule has 31 heavy (non-hydrogen) atoms. The van der Waals surface area contributed by atoms with Crippen molar-refractivity contribution >= 4 is 27.3 Å². The van der Waals surface area contributed by atoms with Gasteiger partial charge in [0.1, 0.15) is 5.75 Å². The van der Waals surface area contributed by atoms with Crippen molar-refractivity contribution in [1.29, 1.82) is 0 Å². The van der Waals surface area contributed by atoms with Crippen LogP contribution in [0, 0.1) is 6.92 Å². The third-order valence-electron chi connectivity index (χ3n) is 4.66. The Labute approximate surface area is 183 Å². The summed E-state index contributed by atoms with van der Waals surface area (Å²) in [6, 6.07) is 20.2. The first kappa shape index (κ1) is 22.4. The molecule has 3 aromatic rings. The molecular formula is C24H26N2O4S. The Balaban J connectivity index is 1.70. The second kappa shape index (κ2) is 9.22. The molecule has 3 rings (SSSR count). The number of hydrogen-bond donors (Lipinski definition) is 1. The first-order valence-electron chi connectivity index (χ1n) is 9.90. The zero-order valence-electron chi connectivity index (χ0n) is 18.0. The average molecular weight is 439 g/mol. The molecule has 1 N–H and O–H groups in total. The normalized spacial score (nSPS) is 11.3. The predicted molar refractivity (Wildman–Crippen MR) is 123 cm³/mol. The van der Waals surface area contributed by atoms with Gasteiger partial charge in [0, 0.05) is 18.3 Å². The Kier molecular flexibility index (Phi) is 6.65. The number of carbonyl (C=O) groups excluding carboxylic acids is 1. The molecule has 0 bridgehead atoms. The smallest absolute Gasteiger partial charge is 0.264 e. The van der Waals surface area contributed by atoms with E-state index < -0.39 is 10.0 Å². The highest BCUT2D eigenvalue weighted by Crippen LogP contribution is 2.23. The number of ether oxygens (including phenoxy) is 1. The first-order chi connectivity index (χ1) is 14.7. The molecule has 6 nitrogen and oxygen atoms in total. The number of anilines is 2. The van der Waals surface area contributed by atoms with E-state index in [1.165, 1.54) is 11.4 Å². The van der Waals surface area contributed by atoms with Gasteiger partial charge in [0.05, 0.1) is 16.7 Å². The monoisotopic (exact) mass is 438 g/mol. The lowest BCUT2D eigenvalue weighted by Crippen LogP contribution is -2.26. The summed E-state index contributed by atoms with van der Waals surface area (Å²) in [4.78, 5) is 12.7. The van der Waals surface area contributed by atoms with E-state index in [9.17, 15) is 13.2 Å². The summed E-state index contributed by atoms with van der Waals surface area (Å²) in [5, 5.41) is 2.82. The number of carbonyl (C=O) groups is 1. The van der Waals surface area contributed by atoms with Crippen LogP contribution >= 0.6 is 0 Å². The molecule has 0 aliphatic heterocycles. The van der Waals surface area contributed by atoms with Crippen LogP contribution < -0.4 is 14.4 Å². The van der Waals surface area contributed by atoms with Crippen LogP contribution in [0.4, 0.5) is 11.4 Å². The summed E-state index contributed by atoms with van der Waals surface area (Å²) < 4.78 is 32.5. The van der Waals surface area contributed by atoms with Gasteiger partial charge >= 0.3 is 0 Å². The summed E-state index contributed by atoms with van der Waals surface area (Å²) in [5.41, 5.74) is 2.52. The molecule has 0 fully saturated rings. The van der Waals surface area contributed by atoms with E-state index in [0.29, 0.717) is 16.9 Å². The Morgan fingerprint density at radius 2 is 1.48 bits per heavy atom. The molecule has 0 radical (unpaired) electrons. The van der Waals surface area contributed by atoms with E-state index in [1.807, 2.05) is 20.8 Å². The van der Waals surface area contributed by atoms with E-state index in [1.54, 1.807) is 72.8 Å². The van der Waals surface area contributed by atoms with Crippen molar-refractivity contribution in [1.82, 2.24) is 0 Å². The number of nitrogens with zero attached hydrogens (tertiary/aromatic N) is 1.